The minimum Gasteiger partial charge on any atom is -0.446 e. The van der Waals surface area contributed by atoms with Gasteiger partial charge in [0, 0.05) is 29.1 Å². The van der Waals surface area contributed by atoms with Gasteiger partial charge in [-0.15, -0.1) is 0 Å². The number of hydrogen-bond acceptors (Lipinski definition) is 9. The second kappa shape index (κ2) is 17.8. The average Bonchev–Trinajstić information content (AvgIpc) is 3.39. The zero-order valence-electron chi connectivity index (χ0n) is 27.2. The van der Waals surface area contributed by atoms with E-state index in [2.05, 4.69) is 15.4 Å². The first-order valence-corrected chi connectivity index (χ1v) is 17.1. The molecule has 0 aliphatic rings. The van der Waals surface area contributed by atoms with Crippen molar-refractivity contribution >= 4 is 51.8 Å². The molecule has 276 valence electrons. The maximum absolute atomic E-state index is 14.1. The molecule has 2 atom stereocenters. The summed E-state index contributed by atoms with van der Waals surface area (Å²) < 4.78 is 99.8. The quantitative estimate of drug-likeness (QED) is 0.0844. The van der Waals surface area contributed by atoms with E-state index in [1.807, 2.05) is 0 Å². The van der Waals surface area contributed by atoms with Crippen molar-refractivity contribution in [3.8, 4) is 11.1 Å². The number of benzene rings is 2. The average molecular weight is 762 g/mol. The molecule has 51 heavy (non-hydrogen) atoms. The highest BCUT2D eigenvalue weighted by Gasteiger charge is 2.35. The Morgan fingerprint density at radius 3 is 2.33 bits per heavy atom. The molecule has 0 saturated carbocycles. The number of aliphatic hydroxyl groups is 1. The fraction of sp³-hybridized carbons (Fsp3) is 0.375. The van der Waals surface area contributed by atoms with Crippen molar-refractivity contribution < 1.29 is 55.1 Å². The van der Waals surface area contributed by atoms with Gasteiger partial charge < -0.3 is 24.6 Å². The summed E-state index contributed by atoms with van der Waals surface area (Å²) in [7, 11) is -2.23. The summed E-state index contributed by atoms with van der Waals surface area (Å²) in [6, 6.07) is 7.63. The van der Waals surface area contributed by atoms with Crippen LogP contribution in [0.2, 0.25) is 5.02 Å². The van der Waals surface area contributed by atoms with Gasteiger partial charge in [0.1, 0.15) is 35.8 Å². The van der Waals surface area contributed by atoms with Crippen molar-refractivity contribution in [1.29, 1.82) is 0 Å². The van der Waals surface area contributed by atoms with Gasteiger partial charge in [-0.05, 0) is 43.2 Å². The van der Waals surface area contributed by atoms with Gasteiger partial charge in [-0.2, -0.15) is 22.6 Å². The third-order valence-electron chi connectivity index (χ3n) is 7.15. The number of ether oxygens (including phenoxy) is 3. The van der Waals surface area contributed by atoms with Gasteiger partial charge in [-0.25, -0.2) is 17.8 Å². The highest BCUT2D eigenvalue weighted by molar-refractivity contribution is 7.86. The second-order valence-corrected chi connectivity index (χ2v) is 12.5. The van der Waals surface area contributed by atoms with Gasteiger partial charge in [0.15, 0.2) is 5.82 Å². The summed E-state index contributed by atoms with van der Waals surface area (Å²) in [5.74, 6) is -2.21. The molecule has 12 nitrogen and oxygen atoms in total. The van der Waals surface area contributed by atoms with E-state index in [0.717, 1.165) is 18.4 Å². The first-order valence-electron chi connectivity index (χ1n) is 15.2. The van der Waals surface area contributed by atoms with Crippen LogP contribution < -0.4 is 9.62 Å². The van der Waals surface area contributed by atoms with E-state index in [1.165, 1.54) is 18.2 Å². The summed E-state index contributed by atoms with van der Waals surface area (Å²) in [5, 5.41) is 15.1. The number of carbonyl (C=O) groups is 2. The van der Waals surface area contributed by atoms with E-state index in [9.17, 15) is 35.8 Å². The molecule has 2 aromatic heterocycles. The van der Waals surface area contributed by atoms with Crippen LogP contribution in [0.5, 0.6) is 0 Å². The Balaban J connectivity index is 1.83. The van der Waals surface area contributed by atoms with Crippen molar-refractivity contribution in [2.45, 2.75) is 32.1 Å². The Bertz CT molecular complexity index is 1860. The number of nitrogens with one attached hydrogen (secondary N) is 1. The summed E-state index contributed by atoms with van der Waals surface area (Å²) >= 11 is 6.57. The monoisotopic (exact) mass is 761 g/mol. The predicted molar refractivity (Wildman–Crippen MR) is 177 cm³/mol. The number of pyridine rings is 1. The van der Waals surface area contributed by atoms with Crippen LogP contribution in [0.4, 0.5) is 32.6 Å². The molecule has 4 aromatic rings. The fourth-order valence-corrected chi connectivity index (χ4v) is 6.07. The van der Waals surface area contributed by atoms with Gasteiger partial charge in [-0.3, -0.25) is 14.5 Å². The predicted octanol–water partition coefficient (Wildman–Crippen LogP) is 5.19. The highest BCUT2D eigenvalue weighted by atomic mass is 35.5. The number of halogens is 6. The normalized spacial score (nSPS) is 12.9. The van der Waals surface area contributed by atoms with E-state index >= 15 is 0 Å². The Kier molecular flexibility index (Phi) is 13.8. The third-order valence-corrected chi connectivity index (χ3v) is 8.30. The molecule has 0 saturated heterocycles. The van der Waals surface area contributed by atoms with Gasteiger partial charge in [0.2, 0.25) is 6.41 Å². The summed E-state index contributed by atoms with van der Waals surface area (Å²) in [6.45, 7) is -0.231. The Labute approximate surface area is 296 Å². The molecule has 0 aliphatic carbocycles. The molecule has 0 fully saturated rings. The number of aryl methyl sites for hydroxylation is 1. The van der Waals surface area contributed by atoms with Gasteiger partial charge in [-0.1, -0.05) is 23.7 Å². The lowest BCUT2D eigenvalue weighted by Gasteiger charge is -2.21. The van der Waals surface area contributed by atoms with Crippen LogP contribution in [0.1, 0.15) is 23.0 Å². The van der Waals surface area contributed by atoms with Crippen molar-refractivity contribution in [3.63, 3.8) is 0 Å². The summed E-state index contributed by atoms with van der Waals surface area (Å²) in [5.41, 5.74) is 0.789. The number of hydrogen-bond donors (Lipinski definition) is 2. The number of carbonyl (C=O) groups excluding carboxylic acids is 2. The van der Waals surface area contributed by atoms with Crippen LogP contribution in [0.3, 0.4) is 0 Å². The number of nitrogens with zero attached hydrogens (tertiary/aromatic N) is 4. The maximum atomic E-state index is 14.1. The SMILES string of the molecule is Cc1ccc(-c2ccc(Cl)c3c(N(C(=O)OCCOCCOCCO)S(C)=O)nn(CC(F)(F)F)c23)c(C(Cc2cc(F)cc(F)c2)NC=O)n1. The number of amides is 2. The molecule has 0 bridgehead atoms. The van der Waals surface area contributed by atoms with Crippen LogP contribution in [-0.2, 0) is 43.0 Å². The van der Waals surface area contributed by atoms with Gasteiger partial charge in [0.25, 0.3) is 0 Å². The molecule has 0 spiro atoms. The van der Waals surface area contributed by atoms with Crippen LogP contribution in [0.15, 0.2) is 42.5 Å². The lowest BCUT2D eigenvalue weighted by molar-refractivity contribution is -0.141. The molecule has 2 heterocycles. The maximum Gasteiger partial charge on any atom is 0.427 e. The molecular weight excluding hydrogens is 729 g/mol. The Morgan fingerprint density at radius 2 is 1.71 bits per heavy atom. The van der Waals surface area contributed by atoms with E-state index in [4.69, 9.17) is 30.9 Å². The Hall–Kier alpha value is -4.23. The van der Waals surface area contributed by atoms with E-state index in [1.54, 1.807) is 13.0 Å². The number of fused-ring (bicyclic) bond motifs is 1. The zero-order valence-corrected chi connectivity index (χ0v) is 28.8. The minimum atomic E-state index is -4.83. The smallest absolute Gasteiger partial charge is 0.427 e. The van der Waals surface area contributed by atoms with Crippen LogP contribution in [-0.4, -0.2) is 88.7 Å². The van der Waals surface area contributed by atoms with Crippen molar-refractivity contribution in [1.82, 2.24) is 20.1 Å². The lowest BCUT2D eigenvalue weighted by Crippen LogP contribution is -2.34. The third kappa shape index (κ3) is 10.4. The van der Waals surface area contributed by atoms with Crippen molar-refractivity contribution in [2.75, 3.05) is 50.2 Å². The van der Waals surface area contributed by atoms with E-state index in [0.29, 0.717) is 27.2 Å². The molecular formula is C32H33ClF5N5O7S. The number of aromatic nitrogens is 3. The number of aliphatic hydroxyl groups excluding tert-OH is 1. The van der Waals surface area contributed by atoms with Crippen LogP contribution in [0.25, 0.3) is 22.0 Å². The lowest BCUT2D eigenvalue weighted by atomic mass is 9.94. The van der Waals surface area contributed by atoms with Crippen LogP contribution >= 0.6 is 11.6 Å². The largest absolute Gasteiger partial charge is 0.446 e. The summed E-state index contributed by atoms with van der Waals surface area (Å²) in [4.78, 5) is 29.5. The molecule has 0 radical (unpaired) electrons. The zero-order chi connectivity index (χ0) is 37.3. The highest BCUT2D eigenvalue weighted by Crippen LogP contribution is 2.42. The number of alkyl halides is 3. The number of anilines is 1. The van der Waals surface area contributed by atoms with Gasteiger partial charge >= 0.3 is 12.3 Å². The standard InChI is InChI=1S/C32H33ClF5N5O7S/c1-19-3-4-23(28(40-19)26(39-18-45)15-20-13-21(34)16-22(35)14-20)24-5-6-25(33)27-29(24)42(17-32(36,37)38)41-30(27)43(51(2)47)31(46)50-12-11-49-10-9-48-8-7-44/h3-6,13-14,16,18,26,44H,7-12,15,17H2,1-2H3,(H,39,45). The van der Waals surface area contributed by atoms with E-state index in [-0.39, 0.29) is 84.4 Å². The molecule has 2 aromatic carbocycles. The second-order valence-electron chi connectivity index (χ2n) is 10.9. The first-order chi connectivity index (χ1) is 24.2. The van der Waals surface area contributed by atoms with Crippen molar-refractivity contribution in [3.05, 3.63) is 76.1 Å². The fourth-order valence-electron chi connectivity index (χ4n) is 5.20. The van der Waals surface area contributed by atoms with Gasteiger partial charge in [0.05, 0.1) is 60.7 Å². The van der Waals surface area contributed by atoms with Crippen molar-refractivity contribution in [2.24, 2.45) is 0 Å². The molecule has 19 heteroatoms. The molecule has 0 aliphatic heterocycles. The first kappa shape index (κ1) is 39.6. The molecule has 2 unspecified atom stereocenters. The summed E-state index contributed by atoms with van der Waals surface area (Å²) in [6.07, 6.45) is -4.76. The number of rotatable bonds is 17. The van der Waals surface area contributed by atoms with E-state index < -0.39 is 53.3 Å². The molecule has 4 rings (SSSR count). The van der Waals surface area contributed by atoms with Crippen LogP contribution in [0, 0.1) is 18.6 Å². The molecule has 2 N–H and O–H groups in total. The molecule has 2 amide bonds. The Morgan fingerprint density at radius 1 is 1.06 bits per heavy atom. The topological polar surface area (TPSA) is 145 Å². The minimum absolute atomic E-state index is 0.0787.